The summed E-state index contributed by atoms with van der Waals surface area (Å²) in [5, 5.41) is 6.62. The molecule has 0 saturated carbocycles. The summed E-state index contributed by atoms with van der Waals surface area (Å²) in [7, 11) is -3.18. The molecule has 0 saturated heterocycles. The number of nitrogens with one attached hydrogen (secondary N) is 2. The minimum absolute atomic E-state index is 0. The highest BCUT2D eigenvalue weighted by molar-refractivity contribution is 14.0. The summed E-state index contributed by atoms with van der Waals surface area (Å²) < 4.78 is 23.4. The smallest absolute Gasteiger partial charge is 0.191 e. The quantitative estimate of drug-likeness (QED) is 0.288. The first kappa shape index (κ1) is 26.1. The van der Waals surface area contributed by atoms with Crippen LogP contribution in [0.25, 0.3) is 0 Å². The molecule has 0 fully saturated rings. The SMILES string of the molecule is CCCN(CC)CCNC(=NCc1ccc(S(C)(=O)=O)c(C)c1)NCC.I. The summed E-state index contributed by atoms with van der Waals surface area (Å²) >= 11 is 0. The fraction of sp³-hybridized carbons (Fsp3) is 0.632. The second-order valence-electron chi connectivity index (χ2n) is 6.43. The summed E-state index contributed by atoms with van der Waals surface area (Å²) in [5.41, 5.74) is 1.75. The topological polar surface area (TPSA) is 73.8 Å². The zero-order valence-corrected chi connectivity index (χ0v) is 20.4. The van der Waals surface area contributed by atoms with Crippen molar-refractivity contribution in [3.63, 3.8) is 0 Å². The molecule has 2 N–H and O–H groups in total. The fourth-order valence-corrected chi connectivity index (χ4v) is 3.77. The van der Waals surface area contributed by atoms with Crippen LogP contribution in [0, 0.1) is 6.92 Å². The standard InChI is InChI=1S/C19H34N4O2S.HI/c1-6-12-23(8-3)13-11-21-19(20-7-2)22-15-17-9-10-18(16(4)14-17)26(5,24)25;/h9-10,14H,6-8,11-13,15H2,1-5H3,(H2,20,21,22);1H. The molecular weight excluding hydrogens is 475 g/mol. The molecule has 0 aromatic heterocycles. The van der Waals surface area contributed by atoms with Gasteiger partial charge in [-0.25, -0.2) is 13.4 Å². The summed E-state index contributed by atoms with van der Waals surface area (Å²) in [6.45, 7) is 13.5. The zero-order valence-electron chi connectivity index (χ0n) is 17.2. The Hall–Kier alpha value is -0.870. The highest BCUT2D eigenvalue weighted by Gasteiger charge is 2.10. The number of guanidine groups is 1. The molecule has 0 unspecified atom stereocenters. The van der Waals surface area contributed by atoms with E-state index in [2.05, 4.69) is 34.4 Å². The monoisotopic (exact) mass is 510 g/mol. The average molecular weight is 510 g/mol. The first-order valence-electron chi connectivity index (χ1n) is 9.35. The molecule has 8 heteroatoms. The maximum absolute atomic E-state index is 11.7. The Kier molecular flexibility index (Phi) is 12.9. The maximum Gasteiger partial charge on any atom is 0.191 e. The van der Waals surface area contributed by atoms with Gasteiger partial charge in [-0.15, -0.1) is 24.0 Å². The van der Waals surface area contributed by atoms with Crippen molar-refractivity contribution in [1.82, 2.24) is 15.5 Å². The highest BCUT2D eigenvalue weighted by atomic mass is 127. The number of rotatable bonds is 10. The van der Waals surface area contributed by atoms with Crippen LogP contribution in [0.4, 0.5) is 0 Å². The third kappa shape index (κ3) is 9.75. The molecule has 0 amide bonds. The van der Waals surface area contributed by atoms with E-state index in [1.54, 1.807) is 6.07 Å². The van der Waals surface area contributed by atoms with Gasteiger partial charge in [-0.3, -0.25) is 0 Å². The molecule has 0 aliphatic carbocycles. The number of sulfone groups is 1. The van der Waals surface area contributed by atoms with Crippen LogP contribution in [0.2, 0.25) is 0 Å². The summed E-state index contributed by atoms with van der Waals surface area (Å²) in [6.07, 6.45) is 2.39. The number of aliphatic imine (C=N–C) groups is 1. The van der Waals surface area contributed by atoms with Gasteiger partial charge in [0.1, 0.15) is 0 Å². The number of halogens is 1. The number of hydrogen-bond acceptors (Lipinski definition) is 4. The number of benzene rings is 1. The van der Waals surface area contributed by atoms with Gasteiger partial charge in [0.2, 0.25) is 0 Å². The van der Waals surface area contributed by atoms with Crippen LogP contribution < -0.4 is 10.6 Å². The van der Waals surface area contributed by atoms with Gasteiger partial charge in [-0.1, -0.05) is 26.0 Å². The van der Waals surface area contributed by atoms with Gasteiger partial charge >= 0.3 is 0 Å². The van der Waals surface area contributed by atoms with Crippen molar-refractivity contribution in [2.75, 3.05) is 39.0 Å². The van der Waals surface area contributed by atoms with Gasteiger partial charge in [0.15, 0.2) is 15.8 Å². The van der Waals surface area contributed by atoms with Crippen LogP contribution in [-0.4, -0.2) is 58.3 Å². The number of aryl methyl sites for hydroxylation is 1. The van der Waals surface area contributed by atoms with E-state index in [1.165, 1.54) is 6.26 Å². The summed E-state index contributed by atoms with van der Waals surface area (Å²) in [5.74, 6) is 0.782. The molecule has 0 heterocycles. The van der Waals surface area contributed by atoms with Crippen LogP contribution >= 0.6 is 24.0 Å². The van der Waals surface area contributed by atoms with Gasteiger partial charge in [0.05, 0.1) is 11.4 Å². The first-order chi connectivity index (χ1) is 12.3. The van der Waals surface area contributed by atoms with Gasteiger partial charge in [-0.05, 0) is 50.6 Å². The van der Waals surface area contributed by atoms with E-state index >= 15 is 0 Å². The van der Waals surface area contributed by atoms with Crippen LogP contribution in [0.5, 0.6) is 0 Å². The molecular formula is C19H35IN4O2S. The Bertz CT molecular complexity index is 693. The van der Waals surface area contributed by atoms with E-state index in [1.807, 2.05) is 26.0 Å². The van der Waals surface area contributed by atoms with Crippen LogP contribution in [-0.2, 0) is 16.4 Å². The lowest BCUT2D eigenvalue weighted by Gasteiger charge is -2.20. The Labute approximate surface area is 182 Å². The molecule has 1 aromatic carbocycles. The molecule has 0 radical (unpaired) electrons. The lowest BCUT2D eigenvalue weighted by molar-refractivity contribution is 0.293. The van der Waals surface area contributed by atoms with Gasteiger partial charge in [0.25, 0.3) is 0 Å². The zero-order chi connectivity index (χ0) is 19.6. The molecule has 27 heavy (non-hydrogen) atoms. The van der Waals surface area contributed by atoms with Crippen molar-refractivity contribution in [2.45, 2.75) is 45.6 Å². The van der Waals surface area contributed by atoms with E-state index in [4.69, 9.17) is 0 Å². The van der Waals surface area contributed by atoms with Crippen molar-refractivity contribution < 1.29 is 8.42 Å². The summed E-state index contributed by atoms with van der Waals surface area (Å²) in [4.78, 5) is 7.40. The Morgan fingerprint density at radius 3 is 2.37 bits per heavy atom. The second-order valence-corrected chi connectivity index (χ2v) is 8.41. The van der Waals surface area contributed by atoms with Gasteiger partial charge in [0, 0.05) is 25.9 Å². The normalized spacial score (nSPS) is 12.0. The van der Waals surface area contributed by atoms with Crippen molar-refractivity contribution in [3.05, 3.63) is 29.3 Å². The summed E-state index contributed by atoms with van der Waals surface area (Å²) in [6, 6.07) is 5.39. The molecule has 1 rings (SSSR count). The molecule has 0 aliphatic rings. The highest BCUT2D eigenvalue weighted by Crippen LogP contribution is 2.17. The third-order valence-corrected chi connectivity index (χ3v) is 5.37. The third-order valence-electron chi connectivity index (χ3n) is 4.11. The van der Waals surface area contributed by atoms with Crippen molar-refractivity contribution in [2.24, 2.45) is 4.99 Å². The minimum atomic E-state index is -3.18. The van der Waals surface area contributed by atoms with Crippen LogP contribution in [0.15, 0.2) is 28.1 Å². The molecule has 6 nitrogen and oxygen atoms in total. The Balaban J connectivity index is 0.00000676. The second kappa shape index (κ2) is 13.3. The van der Waals surface area contributed by atoms with Crippen molar-refractivity contribution >= 4 is 39.8 Å². The van der Waals surface area contributed by atoms with E-state index in [0.29, 0.717) is 11.4 Å². The number of likely N-dealkylation sites (N-methyl/N-ethyl adjacent to an activating group) is 1. The van der Waals surface area contributed by atoms with E-state index in [-0.39, 0.29) is 24.0 Å². The lowest BCUT2D eigenvalue weighted by atomic mass is 10.1. The van der Waals surface area contributed by atoms with Crippen LogP contribution in [0.1, 0.15) is 38.3 Å². The molecule has 1 aromatic rings. The molecule has 0 aliphatic heterocycles. The van der Waals surface area contributed by atoms with Crippen molar-refractivity contribution in [1.29, 1.82) is 0 Å². The molecule has 0 bridgehead atoms. The number of nitrogens with zero attached hydrogens (tertiary/aromatic N) is 2. The molecule has 156 valence electrons. The van der Waals surface area contributed by atoms with Crippen molar-refractivity contribution in [3.8, 4) is 0 Å². The van der Waals surface area contributed by atoms with E-state index in [0.717, 1.165) is 56.2 Å². The Morgan fingerprint density at radius 1 is 1.15 bits per heavy atom. The molecule has 0 spiro atoms. The van der Waals surface area contributed by atoms with E-state index in [9.17, 15) is 8.42 Å². The fourth-order valence-electron chi connectivity index (χ4n) is 2.81. The largest absolute Gasteiger partial charge is 0.357 e. The van der Waals surface area contributed by atoms with E-state index < -0.39 is 9.84 Å². The van der Waals surface area contributed by atoms with Crippen LogP contribution in [0.3, 0.4) is 0 Å². The minimum Gasteiger partial charge on any atom is -0.357 e. The van der Waals surface area contributed by atoms with Gasteiger partial charge < -0.3 is 15.5 Å². The first-order valence-corrected chi connectivity index (χ1v) is 11.2. The van der Waals surface area contributed by atoms with Gasteiger partial charge in [-0.2, -0.15) is 0 Å². The average Bonchev–Trinajstić information content (AvgIpc) is 2.57. The predicted molar refractivity (Wildman–Crippen MR) is 125 cm³/mol. The Morgan fingerprint density at radius 2 is 1.85 bits per heavy atom. The predicted octanol–water partition coefficient (Wildman–Crippen LogP) is 2.80. The lowest BCUT2D eigenvalue weighted by Crippen LogP contribution is -2.41. The number of hydrogen-bond donors (Lipinski definition) is 2. The maximum atomic E-state index is 11.7. The molecule has 0 atom stereocenters.